The van der Waals surface area contributed by atoms with Gasteiger partial charge in [0.25, 0.3) is 5.69 Å². The van der Waals surface area contributed by atoms with Crippen molar-refractivity contribution in [3.8, 4) is 5.75 Å². The van der Waals surface area contributed by atoms with Gasteiger partial charge in [0.15, 0.2) is 0 Å². The summed E-state index contributed by atoms with van der Waals surface area (Å²) >= 11 is 0. The number of rotatable bonds is 5. The van der Waals surface area contributed by atoms with Crippen molar-refractivity contribution < 1.29 is 34.5 Å². The Labute approximate surface area is 136 Å². The molecule has 0 unspecified atom stereocenters. The highest BCUT2D eigenvalue weighted by Gasteiger charge is 2.46. The number of non-ortho nitro benzene ring substituents is 1. The second-order valence-corrected chi connectivity index (χ2v) is 5.30. The third-order valence-corrected chi connectivity index (χ3v) is 3.55. The van der Waals surface area contributed by atoms with Gasteiger partial charge in [-0.15, -0.1) is 0 Å². The number of hydrogen-bond acceptors (Lipinski definition) is 8. The van der Waals surface area contributed by atoms with Crippen molar-refractivity contribution in [3.05, 3.63) is 34.4 Å². The Bertz CT molecular complexity index is 593. The maximum Gasteiger partial charge on any atom is 0.269 e. The molecule has 10 heteroatoms. The summed E-state index contributed by atoms with van der Waals surface area (Å²) in [5.74, 6) is -0.282. The summed E-state index contributed by atoms with van der Waals surface area (Å²) in [4.78, 5) is 21.4. The molecule has 0 aliphatic carbocycles. The van der Waals surface area contributed by atoms with Crippen LogP contribution in [0.25, 0.3) is 0 Å². The zero-order valence-electron chi connectivity index (χ0n) is 12.7. The van der Waals surface area contributed by atoms with Crippen molar-refractivity contribution in [1.29, 1.82) is 0 Å². The smallest absolute Gasteiger partial charge is 0.269 e. The van der Waals surface area contributed by atoms with Crippen LogP contribution in [0.5, 0.6) is 5.75 Å². The van der Waals surface area contributed by atoms with Crippen molar-refractivity contribution in [2.24, 2.45) is 0 Å². The minimum absolute atomic E-state index is 0.131. The van der Waals surface area contributed by atoms with Crippen molar-refractivity contribution >= 4 is 11.6 Å². The first-order chi connectivity index (χ1) is 11.3. The largest absolute Gasteiger partial charge is 0.463 e. The molecule has 4 N–H and O–H groups in total. The Balaban J connectivity index is 2.19. The van der Waals surface area contributed by atoms with Crippen LogP contribution in [0.15, 0.2) is 24.3 Å². The van der Waals surface area contributed by atoms with E-state index in [-0.39, 0.29) is 11.4 Å². The summed E-state index contributed by atoms with van der Waals surface area (Å²) < 4.78 is 10.9. The summed E-state index contributed by atoms with van der Waals surface area (Å²) in [6, 6.07) is 4.02. The molecule has 1 saturated heterocycles. The highest BCUT2D eigenvalue weighted by atomic mass is 16.7. The van der Waals surface area contributed by atoms with Crippen LogP contribution < -0.4 is 10.1 Å². The lowest BCUT2D eigenvalue weighted by atomic mass is 9.97. The molecule has 10 nitrogen and oxygen atoms in total. The summed E-state index contributed by atoms with van der Waals surface area (Å²) in [5, 5.41) is 42.3. The number of benzene rings is 1. The van der Waals surface area contributed by atoms with Gasteiger partial charge in [-0.2, -0.15) is 0 Å². The SMILES string of the molecule is CC(=O)N[C@H]1[C@H](Oc2ccc([N+](=O)[O-])cc2)O[C@H](CO)[C@H](O)[C@@H]1O. The van der Waals surface area contributed by atoms with Crippen LogP contribution in [0.4, 0.5) is 5.69 Å². The molecule has 5 atom stereocenters. The zero-order chi connectivity index (χ0) is 17.9. The lowest BCUT2D eigenvalue weighted by Crippen LogP contribution is -2.65. The number of hydrogen-bond donors (Lipinski definition) is 4. The summed E-state index contributed by atoms with van der Waals surface area (Å²) in [5.41, 5.74) is -0.131. The normalized spacial score (nSPS) is 29.8. The monoisotopic (exact) mass is 342 g/mol. The van der Waals surface area contributed by atoms with Crippen LogP contribution in [-0.4, -0.2) is 63.4 Å². The van der Waals surface area contributed by atoms with Gasteiger partial charge in [-0.1, -0.05) is 0 Å². The van der Waals surface area contributed by atoms with E-state index in [1.54, 1.807) is 0 Å². The molecule has 132 valence electrons. The number of amides is 1. The first-order valence-electron chi connectivity index (χ1n) is 7.14. The zero-order valence-corrected chi connectivity index (χ0v) is 12.7. The number of aliphatic hydroxyl groups is 3. The molecule has 0 radical (unpaired) electrons. The van der Waals surface area contributed by atoms with Gasteiger partial charge in [0, 0.05) is 19.1 Å². The first kappa shape index (κ1) is 18.1. The van der Waals surface area contributed by atoms with Gasteiger partial charge >= 0.3 is 0 Å². The van der Waals surface area contributed by atoms with E-state index in [2.05, 4.69) is 5.32 Å². The highest BCUT2D eigenvalue weighted by Crippen LogP contribution is 2.25. The Morgan fingerprint density at radius 2 is 1.96 bits per heavy atom. The van der Waals surface area contributed by atoms with E-state index in [9.17, 15) is 30.2 Å². The fourth-order valence-electron chi connectivity index (χ4n) is 2.35. The number of nitro groups is 1. The molecule has 0 aromatic heterocycles. The maximum absolute atomic E-state index is 11.3. The number of nitrogens with one attached hydrogen (secondary N) is 1. The van der Waals surface area contributed by atoms with Crippen LogP contribution in [0.3, 0.4) is 0 Å². The molecular weight excluding hydrogens is 324 g/mol. The van der Waals surface area contributed by atoms with Crippen molar-refractivity contribution in [3.63, 3.8) is 0 Å². The minimum Gasteiger partial charge on any atom is -0.463 e. The topological polar surface area (TPSA) is 151 Å². The van der Waals surface area contributed by atoms with Crippen molar-refractivity contribution in [1.82, 2.24) is 5.32 Å². The molecule has 24 heavy (non-hydrogen) atoms. The highest BCUT2D eigenvalue weighted by molar-refractivity contribution is 5.73. The van der Waals surface area contributed by atoms with Gasteiger partial charge in [-0.3, -0.25) is 14.9 Å². The number of nitro benzene ring substituents is 1. The van der Waals surface area contributed by atoms with E-state index in [0.29, 0.717) is 0 Å². The minimum atomic E-state index is -1.43. The van der Waals surface area contributed by atoms with Crippen LogP contribution in [0, 0.1) is 10.1 Å². The van der Waals surface area contributed by atoms with E-state index in [0.717, 1.165) is 0 Å². The summed E-state index contributed by atoms with van der Waals surface area (Å²) in [6.45, 7) is 0.658. The molecular formula is C14H18N2O8. The Kier molecular flexibility index (Phi) is 5.67. The molecule has 1 fully saturated rings. The van der Waals surface area contributed by atoms with Gasteiger partial charge in [0.1, 0.15) is 30.1 Å². The molecule has 1 heterocycles. The molecule has 0 bridgehead atoms. The van der Waals surface area contributed by atoms with Crippen molar-refractivity contribution in [2.45, 2.75) is 37.6 Å². The van der Waals surface area contributed by atoms with E-state index in [1.807, 2.05) is 0 Å². The first-order valence-corrected chi connectivity index (χ1v) is 7.14. The van der Waals surface area contributed by atoms with E-state index >= 15 is 0 Å². The third kappa shape index (κ3) is 3.97. The third-order valence-electron chi connectivity index (χ3n) is 3.55. The van der Waals surface area contributed by atoms with Crippen LogP contribution in [0.2, 0.25) is 0 Å². The lowest BCUT2D eigenvalue weighted by molar-refractivity contribution is -0.384. The van der Waals surface area contributed by atoms with E-state index in [1.165, 1.54) is 31.2 Å². The Hall–Kier alpha value is -2.27. The predicted octanol–water partition coefficient (Wildman–Crippen LogP) is -1.08. The average molecular weight is 342 g/mol. The number of carbonyl (C=O) groups is 1. The number of aliphatic hydroxyl groups excluding tert-OH is 3. The lowest BCUT2D eigenvalue weighted by Gasteiger charge is -2.42. The fraction of sp³-hybridized carbons (Fsp3) is 0.500. The number of ether oxygens (including phenoxy) is 2. The second kappa shape index (κ2) is 7.53. The average Bonchev–Trinajstić information content (AvgIpc) is 2.54. The van der Waals surface area contributed by atoms with Crippen molar-refractivity contribution in [2.75, 3.05) is 6.61 Å². The van der Waals surface area contributed by atoms with Gasteiger partial charge in [0.2, 0.25) is 12.2 Å². The van der Waals surface area contributed by atoms with E-state index in [4.69, 9.17) is 9.47 Å². The van der Waals surface area contributed by atoms with Gasteiger partial charge < -0.3 is 30.1 Å². The molecule has 0 spiro atoms. The molecule has 1 aliphatic heterocycles. The van der Waals surface area contributed by atoms with Crippen LogP contribution in [-0.2, 0) is 9.53 Å². The fourth-order valence-corrected chi connectivity index (χ4v) is 2.35. The predicted molar refractivity (Wildman–Crippen MR) is 79.1 cm³/mol. The summed E-state index contributed by atoms with van der Waals surface area (Å²) in [6.07, 6.45) is -5.15. The van der Waals surface area contributed by atoms with Gasteiger partial charge in [-0.25, -0.2) is 0 Å². The van der Waals surface area contributed by atoms with Crippen LogP contribution >= 0.6 is 0 Å². The number of carbonyl (C=O) groups excluding carboxylic acids is 1. The molecule has 1 aromatic carbocycles. The summed E-state index contributed by atoms with van der Waals surface area (Å²) in [7, 11) is 0. The maximum atomic E-state index is 11.3. The van der Waals surface area contributed by atoms with Gasteiger partial charge in [-0.05, 0) is 12.1 Å². The quantitative estimate of drug-likeness (QED) is 0.389. The molecule has 2 rings (SSSR count). The standard InChI is InChI=1S/C14H18N2O8/c1-7(18)15-11-13(20)12(19)10(6-17)24-14(11)23-9-4-2-8(3-5-9)16(21)22/h2-5,10-14,17,19-20H,6H2,1H3,(H,15,18)/t10-,11-,12+,13-,14-/m1/s1. The van der Waals surface area contributed by atoms with Crippen LogP contribution in [0.1, 0.15) is 6.92 Å². The molecule has 0 saturated carbocycles. The molecule has 1 aliphatic rings. The molecule has 1 amide bonds. The number of nitrogens with zero attached hydrogens (tertiary/aromatic N) is 1. The van der Waals surface area contributed by atoms with E-state index < -0.39 is 48.1 Å². The second-order valence-electron chi connectivity index (χ2n) is 5.30. The van der Waals surface area contributed by atoms with Gasteiger partial charge in [0.05, 0.1) is 11.5 Å². The Morgan fingerprint density at radius 1 is 1.33 bits per heavy atom. The Morgan fingerprint density at radius 3 is 2.46 bits per heavy atom. The molecule has 1 aromatic rings.